The number of alkyl halides is 2. The van der Waals surface area contributed by atoms with Gasteiger partial charge in [0.25, 0.3) is 6.43 Å². The third-order valence-corrected chi connectivity index (χ3v) is 5.21. The highest BCUT2D eigenvalue weighted by Crippen LogP contribution is 2.39. The Morgan fingerprint density at radius 3 is 2.62 bits per heavy atom. The zero-order valence-electron chi connectivity index (χ0n) is 14.1. The number of rotatable bonds is 3. The Labute approximate surface area is 139 Å². The number of piperidine rings is 1. The van der Waals surface area contributed by atoms with Gasteiger partial charge in [-0.3, -0.25) is 4.79 Å². The average Bonchev–Trinajstić information content (AvgIpc) is 3.05. The predicted octanol–water partition coefficient (Wildman–Crippen LogP) is 2.65. The van der Waals surface area contributed by atoms with Gasteiger partial charge in [0.05, 0.1) is 0 Å². The highest BCUT2D eigenvalue weighted by Gasteiger charge is 2.41. The van der Waals surface area contributed by atoms with E-state index in [4.69, 9.17) is 9.15 Å². The summed E-state index contributed by atoms with van der Waals surface area (Å²) >= 11 is 0. The van der Waals surface area contributed by atoms with E-state index < -0.39 is 11.8 Å². The van der Waals surface area contributed by atoms with Crippen LogP contribution in [0.4, 0.5) is 8.78 Å². The van der Waals surface area contributed by atoms with Gasteiger partial charge in [-0.15, -0.1) is 10.2 Å². The fourth-order valence-electron chi connectivity index (χ4n) is 3.39. The van der Waals surface area contributed by atoms with Gasteiger partial charge in [-0.05, 0) is 44.9 Å². The van der Waals surface area contributed by atoms with Crippen molar-refractivity contribution in [3.05, 3.63) is 11.8 Å². The van der Waals surface area contributed by atoms with Gasteiger partial charge >= 0.3 is 11.8 Å². The maximum absolute atomic E-state index is 13.1. The molecule has 2 aliphatic rings. The second kappa shape index (κ2) is 6.38. The number of carbonyl (C=O) groups is 1. The lowest BCUT2D eigenvalue weighted by atomic mass is 9.74. The molecule has 3 heterocycles. The van der Waals surface area contributed by atoms with Crippen molar-refractivity contribution in [1.29, 1.82) is 0 Å². The molecule has 0 N–H and O–H groups in total. The van der Waals surface area contributed by atoms with Gasteiger partial charge < -0.3 is 14.1 Å². The van der Waals surface area contributed by atoms with E-state index in [0.717, 1.165) is 38.9 Å². The first-order valence-electron chi connectivity index (χ1n) is 8.33. The summed E-state index contributed by atoms with van der Waals surface area (Å²) in [4.78, 5) is 14.4. The maximum atomic E-state index is 13.1. The molecule has 3 rings (SSSR count). The summed E-state index contributed by atoms with van der Waals surface area (Å²) in [6.07, 6.45) is 1.21. The summed E-state index contributed by atoms with van der Waals surface area (Å²) in [5.41, 5.74) is -1.48. The third kappa shape index (κ3) is 3.16. The van der Waals surface area contributed by atoms with Gasteiger partial charge in [-0.25, -0.2) is 8.78 Å². The van der Waals surface area contributed by atoms with E-state index in [-0.39, 0.29) is 23.1 Å². The number of hydrogen-bond donors (Lipinski definition) is 0. The molecule has 0 unspecified atom stereocenters. The van der Waals surface area contributed by atoms with Crippen LogP contribution in [0, 0.1) is 5.41 Å². The molecule has 24 heavy (non-hydrogen) atoms. The average molecular weight is 343 g/mol. The topological polar surface area (TPSA) is 68.5 Å². The molecule has 0 aromatic carbocycles. The quantitative estimate of drug-likeness (QED) is 0.844. The zero-order chi connectivity index (χ0) is 17.4. The molecule has 6 nitrogen and oxygen atoms in total. The second-order valence-corrected chi connectivity index (χ2v) is 7.38. The summed E-state index contributed by atoms with van der Waals surface area (Å²) in [6.45, 7) is 5.32. The van der Waals surface area contributed by atoms with Crippen LogP contribution in [0.2, 0.25) is 0 Å². The number of hydrogen-bond acceptors (Lipinski definition) is 5. The molecule has 1 aromatic heterocycles. The van der Waals surface area contributed by atoms with Gasteiger partial charge in [0.2, 0.25) is 5.89 Å². The number of carbonyl (C=O) groups excluding carboxylic acids is 1. The van der Waals surface area contributed by atoms with Crippen molar-refractivity contribution in [2.75, 3.05) is 26.3 Å². The molecule has 2 aliphatic heterocycles. The molecule has 0 atom stereocenters. The summed E-state index contributed by atoms with van der Waals surface area (Å²) in [7, 11) is 0. The highest BCUT2D eigenvalue weighted by atomic mass is 19.3. The van der Waals surface area contributed by atoms with Crippen LogP contribution in [-0.4, -0.2) is 53.7 Å². The Bertz CT molecular complexity index is 592. The third-order valence-electron chi connectivity index (χ3n) is 5.21. The van der Waals surface area contributed by atoms with Gasteiger partial charge in [0.15, 0.2) is 0 Å². The van der Waals surface area contributed by atoms with Gasteiger partial charge in [0.1, 0.15) is 5.41 Å². The van der Waals surface area contributed by atoms with Crippen LogP contribution in [0.3, 0.4) is 0 Å². The van der Waals surface area contributed by atoms with Crippen molar-refractivity contribution in [3.63, 3.8) is 0 Å². The molecular weight excluding hydrogens is 320 g/mol. The number of aromatic nitrogens is 2. The molecule has 0 aliphatic carbocycles. The minimum Gasteiger partial charge on any atom is -0.416 e. The molecule has 0 bridgehead atoms. The van der Waals surface area contributed by atoms with E-state index in [1.807, 2.05) is 0 Å². The van der Waals surface area contributed by atoms with Crippen LogP contribution in [0.25, 0.3) is 0 Å². The van der Waals surface area contributed by atoms with Crippen LogP contribution in [0.5, 0.6) is 0 Å². The first-order chi connectivity index (χ1) is 11.3. The molecule has 1 spiro atoms. The fourth-order valence-corrected chi connectivity index (χ4v) is 3.39. The molecule has 2 saturated heterocycles. The molecule has 8 heteroatoms. The van der Waals surface area contributed by atoms with Crippen molar-refractivity contribution < 1.29 is 22.7 Å². The minimum atomic E-state index is -2.65. The molecular formula is C16H23F2N3O3. The van der Waals surface area contributed by atoms with Crippen LogP contribution in [-0.2, 0) is 10.2 Å². The zero-order valence-corrected chi connectivity index (χ0v) is 14.1. The second-order valence-electron chi connectivity index (χ2n) is 7.38. The number of nitrogens with zero attached hydrogens (tertiary/aromatic N) is 3. The van der Waals surface area contributed by atoms with E-state index >= 15 is 0 Å². The van der Waals surface area contributed by atoms with Gasteiger partial charge in [0, 0.05) is 26.3 Å². The highest BCUT2D eigenvalue weighted by molar-refractivity contribution is 5.89. The first kappa shape index (κ1) is 17.3. The summed E-state index contributed by atoms with van der Waals surface area (Å²) in [5, 5.41) is 7.37. The van der Waals surface area contributed by atoms with E-state index in [9.17, 15) is 13.6 Å². The lowest BCUT2D eigenvalue weighted by Crippen LogP contribution is -2.48. The number of halogens is 2. The van der Waals surface area contributed by atoms with E-state index in [1.165, 1.54) is 13.8 Å². The fraction of sp³-hybridized carbons (Fsp3) is 0.812. The monoisotopic (exact) mass is 343 g/mol. The Morgan fingerprint density at radius 2 is 1.96 bits per heavy atom. The van der Waals surface area contributed by atoms with Crippen molar-refractivity contribution in [3.8, 4) is 0 Å². The van der Waals surface area contributed by atoms with Crippen molar-refractivity contribution in [2.24, 2.45) is 5.41 Å². The smallest absolute Gasteiger partial charge is 0.311 e. The summed E-state index contributed by atoms with van der Waals surface area (Å²) in [5.74, 6) is -0.786. The Hall–Kier alpha value is -1.57. The molecule has 0 saturated carbocycles. The van der Waals surface area contributed by atoms with Gasteiger partial charge in [-0.1, -0.05) is 0 Å². The van der Waals surface area contributed by atoms with Crippen LogP contribution in [0.15, 0.2) is 4.42 Å². The van der Waals surface area contributed by atoms with Crippen molar-refractivity contribution >= 4 is 5.91 Å². The molecule has 1 aromatic rings. The summed E-state index contributed by atoms with van der Waals surface area (Å²) in [6, 6.07) is 0. The largest absolute Gasteiger partial charge is 0.416 e. The Morgan fingerprint density at radius 1 is 1.25 bits per heavy atom. The van der Waals surface area contributed by atoms with Gasteiger partial charge in [-0.2, -0.15) is 0 Å². The van der Waals surface area contributed by atoms with Crippen LogP contribution < -0.4 is 0 Å². The number of amides is 1. The maximum Gasteiger partial charge on any atom is 0.311 e. The number of ether oxygens (including phenoxy) is 1. The molecule has 0 radical (unpaired) electrons. The molecule has 134 valence electrons. The number of likely N-dealkylation sites (tertiary alicyclic amines) is 1. The SMILES string of the molecule is CC(C)(c1nnc(C(=O)N2CCCC3(CCOCC3)C2)o1)C(F)F. The normalized spacial score (nSPS) is 21.5. The standard InChI is InChI=1S/C16H23F2N3O3/c1-15(2,13(17)18)14-20-19-11(24-14)12(22)21-7-3-4-16(10-21)5-8-23-9-6-16/h13H,3-10H2,1-2H3. The lowest BCUT2D eigenvalue weighted by molar-refractivity contribution is -0.0238. The van der Waals surface area contributed by atoms with Crippen molar-refractivity contribution in [2.45, 2.75) is 51.4 Å². The Kier molecular flexibility index (Phi) is 4.59. The van der Waals surface area contributed by atoms with Crippen molar-refractivity contribution in [1.82, 2.24) is 15.1 Å². The van der Waals surface area contributed by atoms with E-state index in [0.29, 0.717) is 13.1 Å². The van der Waals surface area contributed by atoms with E-state index in [2.05, 4.69) is 10.2 Å². The lowest BCUT2D eigenvalue weighted by Gasteiger charge is -2.44. The van der Waals surface area contributed by atoms with E-state index in [1.54, 1.807) is 4.90 Å². The Balaban J connectivity index is 1.73. The summed E-state index contributed by atoms with van der Waals surface area (Å²) < 4.78 is 36.8. The minimum absolute atomic E-state index is 0.0945. The van der Waals surface area contributed by atoms with Crippen LogP contribution >= 0.6 is 0 Å². The van der Waals surface area contributed by atoms with Crippen LogP contribution in [0.1, 0.15) is 56.1 Å². The molecule has 2 fully saturated rings. The predicted molar refractivity (Wildman–Crippen MR) is 81.0 cm³/mol. The molecule has 1 amide bonds. The first-order valence-corrected chi connectivity index (χ1v) is 8.33.